The van der Waals surface area contributed by atoms with Gasteiger partial charge in [0.15, 0.2) is 6.61 Å². The summed E-state index contributed by atoms with van der Waals surface area (Å²) in [4.78, 5) is 24.6. The zero-order valence-corrected chi connectivity index (χ0v) is 21.4. The van der Waals surface area contributed by atoms with Gasteiger partial charge in [-0.1, -0.05) is 102 Å². The summed E-state index contributed by atoms with van der Waals surface area (Å²) in [5, 5.41) is 0.748. The smallest absolute Gasteiger partial charge is 0.344 e. The van der Waals surface area contributed by atoms with Crippen LogP contribution in [0.3, 0.4) is 0 Å². The van der Waals surface area contributed by atoms with Gasteiger partial charge in [0.1, 0.15) is 11.3 Å². The van der Waals surface area contributed by atoms with Crippen molar-refractivity contribution in [3.05, 3.63) is 82.7 Å². The molecule has 0 saturated heterocycles. The lowest BCUT2D eigenvalue weighted by molar-refractivity contribution is -0.146. The molecule has 36 heavy (non-hydrogen) atoms. The van der Waals surface area contributed by atoms with Crippen molar-refractivity contribution in [3.8, 4) is 5.75 Å². The molecule has 3 rings (SSSR count). The van der Waals surface area contributed by atoms with Gasteiger partial charge >= 0.3 is 11.6 Å². The highest BCUT2D eigenvalue weighted by Crippen LogP contribution is 2.25. The molecule has 192 valence electrons. The molecule has 0 N–H and O–H groups in total. The van der Waals surface area contributed by atoms with Gasteiger partial charge in [-0.2, -0.15) is 0 Å². The zero-order chi connectivity index (χ0) is 25.6. The molecular weight excluding hydrogens is 452 g/mol. The van der Waals surface area contributed by atoms with E-state index in [1.165, 1.54) is 51.4 Å². The van der Waals surface area contributed by atoms with E-state index in [2.05, 4.69) is 13.5 Å². The van der Waals surface area contributed by atoms with Crippen LogP contribution < -0.4 is 10.4 Å². The standard InChI is InChI=1S/C31H38O5/c1-3-4-5-6-7-8-9-10-11-15-20-34-30(32)23-35-27-19-18-26-21-28(31(33)36-29(26)22-27)24(2)25-16-13-12-14-17-25/h12-14,16-19,21-22H,2-11,15,20,23H2,1H3. The van der Waals surface area contributed by atoms with Crippen molar-refractivity contribution in [2.24, 2.45) is 0 Å². The molecule has 0 spiro atoms. The molecule has 0 unspecified atom stereocenters. The Labute approximate surface area is 214 Å². The minimum absolute atomic E-state index is 0.184. The Kier molecular flexibility index (Phi) is 11.3. The summed E-state index contributed by atoms with van der Waals surface area (Å²) in [6.45, 7) is 6.53. The van der Waals surface area contributed by atoms with Gasteiger partial charge in [-0.15, -0.1) is 0 Å². The molecule has 5 nitrogen and oxygen atoms in total. The summed E-state index contributed by atoms with van der Waals surface area (Å²) >= 11 is 0. The Balaban J connectivity index is 1.39. The SMILES string of the molecule is C=C(c1ccccc1)c1cc2ccc(OCC(=O)OCCCCCCCCCCCC)cc2oc1=O. The van der Waals surface area contributed by atoms with E-state index in [-0.39, 0.29) is 6.61 Å². The number of hydrogen-bond donors (Lipinski definition) is 0. The fourth-order valence-electron chi connectivity index (χ4n) is 4.15. The number of esters is 1. The highest BCUT2D eigenvalue weighted by atomic mass is 16.6. The third-order valence-electron chi connectivity index (χ3n) is 6.27. The van der Waals surface area contributed by atoms with Gasteiger partial charge in [-0.3, -0.25) is 0 Å². The zero-order valence-electron chi connectivity index (χ0n) is 21.4. The Hall–Kier alpha value is -3.34. The third kappa shape index (κ3) is 8.71. The molecular formula is C31H38O5. The molecule has 0 fully saturated rings. The van der Waals surface area contributed by atoms with E-state index in [4.69, 9.17) is 13.9 Å². The third-order valence-corrected chi connectivity index (χ3v) is 6.27. The second-order valence-corrected chi connectivity index (χ2v) is 9.18. The maximum absolute atomic E-state index is 12.6. The largest absolute Gasteiger partial charge is 0.482 e. The van der Waals surface area contributed by atoms with E-state index in [1.54, 1.807) is 24.3 Å². The minimum Gasteiger partial charge on any atom is -0.482 e. The van der Waals surface area contributed by atoms with Crippen molar-refractivity contribution in [1.82, 2.24) is 0 Å². The average Bonchev–Trinajstić information content (AvgIpc) is 2.90. The lowest BCUT2D eigenvalue weighted by Crippen LogP contribution is -2.15. The highest BCUT2D eigenvalue weighted by Gasteiger charge is 2.12. The number of carbonyl (C=O) groups excluding carboxylic acids is 1. The van der Waals surface area contributed by atoms with E-state index < -0.39 is 11.6 Å². The predicted octanol–water partition coefficient (Wildman–Crippen LogP) is 7.70. The summed E-state index contributed by atoms with van der Waals surface area (Å²) in [6.07, 6.45) is 12.4. The van der Waals surface area contributed by atoms with Crippen LogP contribution in [0, 0.1) is 0 Å². The molecule has 0 amide bonds. The minimum atomic E-state index is -0.468. The van der Waals surface area contributed by atoms with Crippen molar-refractivity contribution >= 4 is 22.5 Å². The number of carbonyl (C=O) groups is 1. The number of hydrogen-bond acceptors (Lipinski definition) is 5. The molecule has 0 saturated carbocycles. The van der Waals surface area contributed by atoms with Crippen molar-refractivity contribution < 1.29 is 18.7 Å². The Morgan fingerprint density at radius 1 is 0.861 bits per heavy atom. The highest BCUT2D eigenvalue weighted by molar-refractivity contribution is 5.85. The van der Waals surface area contributed by atoms with E-state index in [0.717, 1.165) is 23.8 Å². The van der Waals surface area contributed by atoms with Crippen LogP contribution in [0.4, 0.5) is 0 Å². The van der Waals surface area contributed by atoms with Gasteiger partial charge in [-0.05, 0) is 35.8 Å². The van der Waals surface area contributed by atoms with Crippen LogP contribution >= 0.6 is 0 Å². The first kappa shape index (κ1) is 27.3. The van der Waals surface area contributed by atoms with Crippen LogP contribution in [0.5, 0.6) is 5.75 Å². The molecule has 5 heteroatoms. The second-order valence-electron chi connectivity index (χ2n) is 9.18. The van der Waals surface area contributed by atoms with Gasteiger partial charge in [0.25, 0.3) is 0 Å². The van der Waals surface area contributed by atoms with Crippen molar-refractivity contribution in [2.45, 2.75) is 71.1 Å². The Bertz CT molecular complexity index is 1160. The maximum Gasteiger partial charge on any atom is 0.344 e. The number of fused-ring (bicyclic) bond motifs is 1. The van der Waals surface area contributed by atoms with Crippen LogP contribution in [0.25, 0.3) is 16.5 Å². The number of rotatable bonds is 16. The van der Waals surface area contributed by atoms with E-state index in [0.29, 0.717) is 29.1 Å². The molecule has 0 aliphatic rings. The number of ether oxygens (including phenoxy) is 2. The Morgan fingerprint density at radius 2 is 1.53 bits per heavy atom. The van der Waals surface area contributed by atoms with Gasteiger partial charge in [-0.25, -0.2) is 9.59 Å². The summed E-state index contributed by atoms with van der Waals surface area (Å²) in [7, 11) is 0. The quantitative estimate of drug-likeness (QED) is 0.117. The summed E-state index contributed by atoms with van der Waals surface area (Å²) in [5.41, 5.74) is 1.81. The number of unbranched alkanes of at least 4 members (excludes halogenated alkanes) is 9. The molecule has 0 aliphatic carbocycles. The van der Waals surface area contributed by atoms with E-state index in [9.17, 15) is 9.59 Å². The first-order valence-corrected chi connectivity index (χ1v) is 13.2. The molecule has 0 atom stereocenters. The van der Waals surface area contributed by atoms with Crippen LogP contribution in [0.2, 0.25) is 0 Å². The van der Waals surface area contributed by atoms with Gasteiger partial charge in [0.2, 0.25) is 0 Å². The van der Waals surface area contributed by atoms with Crippen LogP contribution in [-0.4, -0.2) is 19.2 Å². The first-order chi connectivity index (χ1) is 17.6. The molecule has 0 radical (unpaired) electrons. The fraction of sp³-hybridized carbons (Fsp3) is 0.419. The topological polar surface area (TPSA) is 65.7 Å². The molecule has 1 heterocycles. The average molecular weight is 491 g/mol. The molecule has 1 aromatic heterocycles. The van der Waals surface area contributed by atoms with Gasteiger partial charge in [0.05, 0.1) is 12.2 Å². The van der Waals surface area contributed by atoms with Gasteiger partial charge < -0.3 is 13.9 Å². The Morgan fingerprint density at radius 3 is 2.22 bits per heavy atom. The van der Waals surface area contributed by atoms with Crippen molar-refractivity contribution in [1.29, 1.82) is 0 Å². The van der Waals surface area contributed by atoms with E-state index >= 15 is 0 Å². The second kappa shape index (κ2) is 14.9. The lowest BCUT2D eigenvalue weighted by atomic mass is 10.0. The lowest BCUT2D eigenvalue weighted by Gasteiger charge is -2.09. The normalized spacial score (nSPS) is 10.9. The fourth-order valence-corrected chi connectivity index (χ4v) is 4.15. The molecule has 3 aromatic rings. The van der Waals surface area contributed by atoms with Crippen LogP contribution in [0.1, 0.15) is 82.3 Å². The summed E-state index contributed by atoms with van der Waals surface area (Å²) in [5.74, 6) is 0.0400. The maximum atomic E-state index is 12.6. The molecule has 2 aromatic carbocycles. The number of benzene rings is 2. The van der Waals surface area contributed by atoms with Crippen molar-refractivity contribution in [2.75, 3.05) is 13.2 Å². The van der Waals surface area contributed by atoms with E-state index in [1.807, 2.05) is 30.3 Å². The van der Waals surface area contributed by atoms with Crippen LogP contribution in [0.15, 0.2) is 70.4 Å². The monoisotopic (exact) mass is 490 g/mol. The molecule has 0 aliphatic heterocycles. The summed E-state index contributed by atoms with van der Waals surface area (Å²) in [6, 6.07) is 16.4. The van der Waals surface area contributed by atoms with Gasteiger partial charge in [0, 0.05) is 11.5 Å². The summed E-state index contributed by atoms with van der Waals surface area (Å²) < 4.78 is 16.4. The van der Waals surface area contributed by atoms with Crippen LogP contribution in [-0.2, 0) is 9.53 Å². The van der Waals surface area contributed by atoms with Crippen molar-refractivity contribution in [3.63, 3.8) is 0 Å². The first-order valence-electron chi connectivity index (χ1n) is 13.2. The molecule has 0 bridgehead atoms. The predicted molar refractivity (Wildman–Crippen MR) is 145 cm³/mol.